The summed E-state index contributed by atoms with van der Waals surface area (Å²) in [6.07, 6.45) is 5.76. The van der Waals surface area contributed by atoms with E-state index in [2.05, 4.69) is 31.0 Å². The summed E-state index contributed by atoms with van der Waals surface area (Å²) in [5, 5.41) is 3.41. The molecular formula is C15H28N2O. The first kappa shape index (κ1) is 13.9. The number of rotatable bonds is 4. The lowest BCUT2D eigenvalue weighted by atomic mass is 9.94. The van der Waals surface area contributed by atoms with Crippen molar-refractivity contribution >= 4 is 5.91 Å². The molecule has 1 amide bonds. The number of piperidine rings is 1. The minimum absolute atomic E-state index is 0.0850. The molecule has 3 heteroatoms. The van der Waals surface area contributed by atoms with Crippen LogP contribution in [0.5, 0.6) is 0 Å². The fourth-order valence-electron chi connectivity index (χ4n) is 3.52. The summed E-state index contributed by atoms with van der Waals surface area (Å²) in [6, 6.07) is 0.584. The lowest BCUT2D eigenvalue weighted by Crippen LogP contribution is -2.55. The van der Waals surface area contributed by atoms with Gasteiger partial charge in [0.1, 0.15) is 0 Å². The zero-order valence-corrected chi connectivity index (χ0v) is 12.1. The van der Waals surface area contributed by atoms with Crippen LogP contribution in [0.25, 0.3) is 0 Å². The minimum atomic E-state index is 0.0850. The second kappa shape index (κ2) is 6.05. The highest BCUT2D eigenvalue weighted by molar-refractivity contribution is 5.83. The van der Waals surface area contributed by atoms with Crippen molar-refractivity contribution in [3.63, 3.8) is 0 Å². The molecule has 3 nitrogen and oxygen atoms in total. The highest BCUT2D eigenvalue weighted by Gasteiger charge is 2.39. The molecule has 2 rings (SSSR count). The molecular weight excluding hydrogens is 224 g/mol. The molecule has 4 unspecified atom stereocenters. The van der Waals surface area contributed by atoms with E-state index in [0.717, 1.165) is 38.3 Å². The van der Waals surface area contributed by atoms with Gasteiger partial charge in [0.15, 0.2) is 0 Å². The van der Waals surface area contributed by atoms with E-state index in [1.54, 1.807) is 0 Å². The van der Waals surface area contributed by atoms with E-state index in [9.17, 15) is 4.79 Å². The Morgan fingerprint density at radius 3 is 2.67 bits per heavy atom. The molecule has 18 heavy (non-hydrogen) atoms. The van der Waals surface area contributed by atoms with Crippen molar-refractivity contribution < 1.29 is 4.79 Å². The maximum atomic E-state index is 12.5. The predicted molar refractivity (Wildman–Crippen MR) is 74.4 cm³/mol. The van der Waals surface area contributed by atoms with Crippen LogP contribution in [-0.2, 0) is 4.79 Å². The number of nitrogens with zero attached hydrogens (tertiary/aromatic N) is 1. The van der Waals surface area contributed by atoms with Gasteiger partial charge in [-0.25, -0.2) is 0 Å². The van der Waals surface area contributed by atoms with Gasteiger partial charge in [0, 0.05) is 12.6 Å². The van der Waals surface area contributed by atoms with Crippen molar-refractivity contribution in [2.24, 2.45) is 11.8 Å². The van der Waals surface area contributed by atoms with E-state index in [0.29, 0.717) is 17.9 Å². The Labute approximate surface area is 111 Å². The minimum Gasteiger partial charge on any atom is -0.338 e. The van der Waals surface area contributed by atoms with Crippen molar-refractivity contribution in [1.29, 1.82) is 0 Å². The second-order valence-corrected chi connectivity index (χ2v) is 6.16. The number of hydrogen-bond donors (Lipinski definition) is 1. The second-order valence-electron chi connectivity index (χ2n) is 6.16. The molecule has 2 aliphatic rings. The number of likely N-dealkylation sites (tertiary alicyclic amines) is 1. The summed E-state index contributed by atoms with van der Waals surface area (Å²) in [7, 11) is 0. The molecule has 0 radical (unpaired) electrons. The molecule has 1 aliphatic carbocycles. The summed E-state index contributed by atoms with van der Waals surface area (Å²) in [4.78, 5) is 14.7. The van der Waals surface area contributed by atoms with E-state index in [1.807, 2.05) is 0 Å². The molecule has 1 aliphatic heterocycles. The third-order valence-electron chi connectivity index (χ3n) is 4.94. The van der Waals surface area contributed by atoms with Crippen LogP contribution in [0.2, 0.25) is 0 Å². The van der Waals surface area contributed by atoms with E-state index in [4.69, 9.17) is 0 Å². The summed E-state index contributed by atoms with van der Waals surface area (Å²) in [6.45, 7) is 8.73. The molecule has 0 aromatic rings. The molecule has 0 aromatic carbocycles. The maximum absolute atomic E-state index is 12.5. The monoisotopic (exact) mass is 252 g/mol. The first-order valence-corrected chi connectivity index (χ1v) is 7.69. The molecule has 104 valence electrons. The molecule has 2 fully saturated rings. The van der Waals surface area contributed by atoms with Crippen LogP contribution in [0.3, 0.4) is 0 Å². The Hall–Kier alpha value is -0.570. The maximum Gasteiger partial charge on any atom is 0.239 e. The molecule has 0 aromatic heterocycles. The van der Waals surface area contributed by atoms with Crippen LogP contribution in [0.4, 0.5) is 0 Å². The van der Waals surface area contributed by atoms with Crippen LogP contribution in [-0.4, -0.2) is 36.0 Å². The van der Waals surface area contributed by atoms with Crippen LogP contribution < -0.4 is 5.32 Å². The third kappa shape index (κ3) is 2.71. The Balaban J connectivity index is 1.98. The molecule has 0 spiro atoms. The quantitative estimate of drug-likeness (QED) is 0.833. The highest BCUT2D eigenvalue weighted by Crippen LogP contribution is 2.36. The van der Waals surface area contributed by atoms with Gasteiger partial charge < -0.3 is 10.2 Å². The van der Waals surface area contributed by atoms with E-state index in [1.165, 1.54) is 12.8 Å². The van der Waals surface area contributed by atoms with Crippen molar-refractivity contribution in [3.05, 3.63) is 0 Å². The normalized spacial score (nSPS) is 37.3. The average Bonchev–Trinajstić information content (AvgIpc) is 2.69. The van der Waals surface area contributed by atoms with Crippen molar-refractivity contribution in [2.45, 2.75) is 65.0 Å². The highest BCUT2D eigenvalue weighted by atomic mass is 16.2. The third-order valence-corrected chi connectivity index (χ3v) is 4.94. The molecule has 0 bridgehead atoms. The van der Waals surface area contributed by atoms with Gasteiger partial charge in [-0.1, -0.05) is 20.8 Å². The lowest BCUT2D eigenvalue weighted by molar-refractivity contribution is -0.139. The Bertz CT molecular complexity index is 292. The molecule has 1 saturated carbocycles. The molecule has 1 N–H and O–H groups in total. The van der Waals surface area contributed by atoms with Crippen LogP contribution >= 0.6 is 0 Å². The summed E-state index contributed by atoms with van der Waals surface area (Å²) in [5.74, 6) is 1.80. The Morgan fingerprint density at radius 2 is 2.06 bits per heavy atom. The van der Waals surface area contributed by atoms with Crippen molar-refractivity contribution in [1.82, 2.24) is 10.2 Å². The van der Waals surface area contributed by atoms with E-state index < -0.39 is 0 Å². The Kier molecular flexibility index (Phi) is 4.66. The van der Waals surface area contributed by atoms with Gasteiger partial charge in [0.2, 0.25) is 5.91 Å². The summed E-state index contributed by atoms with van der Waals surface area (Å²) < 4.78 is 0. The zero-order chi connectivity index (χ0) is 13.1. The van der Waals surface area contributed by atoms with E-state index >= 15 is 0 Å². The number of nitrogens with one attached hydrogen (secondary N) is 1. The van der Waals surface area contributed by atoms with Gasteiger partial charge in [0.25, 0.3) is 0 Å². The Morgan fingerprint density at radius 1 is 1.28 bits per heavy atom. The van der Waals surface area contributed by atoms with Gasteiger partial charge in [-0.15, -0.1) is 0 Å². The largest absolute Gasteiger partial charge is 0.338 e. The number of carbonyl (C=O) groups is 1. The van der Waals surface area contributed by atoms with Gasteiger partial charge in [-0.3, -0.25) is 4.79 Å². The fraction of sp³-hybridized carbons (Fsp3) is 0.933. The van der Waals surface area contributed by atoms with Gasteiger partial charge in [-0.2, -0.15) is 0 Å². The summed E-state index contributed by atoms with van der Waals surface area (Å²) in [5.41, 5.74) is 0. The number of carbonyl (C=O) groups excluding carboxylic acids is 1. The van der Waals surface area contributed by atoms with Gasteiger partial charge in [0.05, 0.1) is 6.04 Å². The van der Waals surface area contributed by atoms with Crippen molar-refractivity contribution in [2.75, 3.05) is 13.1 Å². The number of amides is 1. The average molecular weight is 252 g/mol. The predicted octanol–water partition coefficient (Wildman–Crippen LogP) is 2.41. The van der Waals surface area contributed by atoms with Crippen LogP contribution in [0, 0.1) is 11.8 Å². The molecule has 1 saturated heterocycles. The smallest absolute Gasteiger partial charge is 0.239 e. The van der Waals surface area contributed by atoms with Crippen LogP contribution in [0.1, 0.15) is 52.9 Å². The zero-order valence-electron chi connectivity index (χ0n) is 12.1. The first-order chi connectivity index (χ1) is 8.65. The standard InChI is InChI=1S/C15H28N2O/c1-4-9-16-13-6-5-10-17(15(13)18)14-8-7-11(2)12(14)3/h11-14,16H,4-10H2,1-3H3. The molecule has 4 atom stereocenters. The summed E-state index contributed by atoms with van der Waals surface area (Å²) >= 11 is 0. The molecule has 1 heterocycles. The van der Waals surface area contributed by atoms with Crippen LogP contribution in [0.15, 0.2) is 0 Å². The number of hydrogen-bond acceptors (Lipinski definition) is 2. The SMILES string of the molecule is CCCNC1CCCN(C2CCC(C)C2C)C1=O. The topological polar surface area (TPSA) is 32.3 Å². The van der Waals surface area contributed by atoms with Gasteiger partial charge >= 0.3 is 0 Å². The van der Waals surface area contributed by atoms with E-state index in [-0.39, 0.29) is 6.04 Å². The first-order valence-electron chi connectivity index (χ1n) is 7.69. The van der Waals surface area contributed by atoms with Gasteiger partial charge in [-0.05, 0) is 50.5 Å². The lowest BCUT2D eigenvalue weighted by Gasteiger charge is -2.39. The van der Waals surface area contributed by atoms with Crippen molar-refractivity contribution in [3.8, 4) is 0 Å². The fourth-order valence-corrected chi connectivity index (χ4v) is 3.52.